The van der Waals surface area contributed by atoms with E-state index in [2.05, 4.69) is 50.4 Å². The summed E-state index contributed by atoms with van der Waals surface area (Å²) >= 11 is 11.1. The van der Waals surface area contributed by atoms with E-state index >= 15 is 0 Å². The Labute approximate surface area is 189 Å². The molecule has 3 rings (SSSR count). The zero-order valence-corrected chi connectivity index (χ0v) is 19.3. The van der Waals surface area contributed by atoms with Gasteiger partial charge >= 0.3 is 0 Å². The monoisotopic (exact) mass is 498 g/mol. The Morgan fingerprint density at radius 3 is 2.83 bits per heavy atom. The van der Waals surface area contributed by atoms with E-state index < -0.39 is 0 Å². The van der Waals surface area contributed by atoms with E-state index in [0.29, 0.717) is 22.9 Å². The van der Waals surface area contributed by atoms with Crippen molar-refractivity contribution in [3.8, 4) is 0 Å². The third-order valence-electron chi connectivity index (χ3n) is 5.05. The van der Waals surface area contributed by atoms with Crippen LogP contribution in [0.2, 0.25) is 5.02 Å². The normalized spacial score (nSPS) is 17.3. The van der Waals surface area contributed by atoms with Gasteiger partial charge in [-0.1, -0.05) is 45.7 Å². The summed E-state index contributed by atoms with van der Waals surface area (Å²) < 4.78 is 14.8. The highest BCUT2D eigenvalue weighted by molar-refractivity contribution is 9.10. The number of halogens is 3. The van der Waals surface area contributed by atoms with E-state index in [4.69, 9.17) is 11.6 Å². The van der Waals surface area contributed by atoms with Crippen LogP contribution in [0.3, 0.4) is 0 Å². The molecule has 0 aliphatic carbocycles. The van der Waals surface area contributed by atoms with Crippen LogP contribution in [-0.2, 0) is 17.1 Å². The zero-order chi connectivity index (χ0) is 20.6. The summed E-state index contributed by atoms with van der Waals surface area (Å²) in [5.41, 5.74) is 1.79. The number of thioether (sulfide) groups is 1. The summed E-state index contributed by atoms with van der Waals surface area (Å²) in [6, 6.07) is 13.1. The Hall–Kier alpha value is -1.08. The maximum Gasteiger partial charge on any atom is 0.224 e. The van der Waals surface area contributed by atoms with Gasteiger partial charge in [0.15, 0.2) is 0 Å². The number of nitrogens with zero attached hydrogens (tertiary/aromatic N) is 1. The second-order valence-corrected chi connectivity index (χ2v) is 9.67. The maximum absolute atomic E-state index is 13.8. The number of piperidine rings is 1. The van der Waals surface area contributed by atoms with E-state index in [1.54, 1.807) is 23.9 Å². The summed E-state index contributed by atoms with van der Waals surface area (Å²) in [6.07, 6.45) is 1.97. The molecule has 29 heavy (non-hydrogen) atoms. The predicted molar refractivity (Wildman–Crippen MR) is 123 cm³/mol. The summed E-state index contributed by atoms with van der Waals surface area (Å²) in [5, 5.41) is 3.49. The van der Waals surface area contributed by atoms with E-state index in [0.717, 1.165) is 42.7 Å². The molecule has 2 aromatic carbocycles. The Balaban J connectivity index is 1.38. The molecule has 1 amide bonds. The number of nitrogens with one attached hydrogen (secondary N) is 1. The molecule has 1 unspecified atom stereocenters. The lowest BCUT2D eigenvalue weighted by molar-refractivity contribution is -0.126. The molecule has 0 radical (unpaired) electrons. The van der Waals surface area contributed by atoms with Crippen molar-refractivity contribution < 1.29 is 9.18 Å². The van der Waals surface area contributed by atoms with Gasteiger partial charge in [0, 0.05) is 46.2 Å². The minimum absolute atomic E-state index is 0.0326. The van der Waals surface area contributed by atoms with Crippen LogP contribution in [0.5, 0.6) is 0 Å². The second kappa shape index (κ2) is 11.3. The summed E-state index contributed by atoms with van der Waals surface area (Å²) in [5.74, 6) is 1.11. The van der Waals surface area contributed by atoms with Gasteiger partial charge in [-0.05, 0) is 49.2 Å². The topological polar surface area (TPSA) is 32.3 Å². The van der Waals surface area contributed by atoms with Gasteiger partial charge in [0.05, 0.1) is 5.92 Å². The molecule has 1 aliphatic heterocycles. The number of rotatable bonds is 8. The van der Waals surface area contributed by atoms with Crippen molar-refractivity contribution in [1.29, 1.82) is 0 Å². The molecule has 1 N–H and O–H groups in total. The van der Waals surface area contributed by atoms with Crippen molar-refractivity contribution in [2.75, 3.05) is 25.4 Å². The molecule has 1 heterocycles. The first kappa shape index (κ1) is 22.6. The lowest BCUT2D eigenvalue weighted by atomic mass is 9.96. The average molecular weight is 500 g/mol. The van der Waals surface area contributed by atoms with Gasteiger partial charge in [0.25, 0.3) is 0 Å². The largest absolute Gasteiger partial charge is 0.355 e. The molecular weight excluding hydrogens is 475 g/mol. The van der Waals surface area contributed by atoms with Gasteiger partial charge in [-0.3, -0.25) is 9.69 Å². The molecule has 1 fully saturated rings. The Morgan fingerprint density at radius 2 is 2.07 bits per heavy atom. The molecule has 7 heteroatoms. The van der Waals surface area contributed by atoms with Crippen molar-refractivity contribution in [3.63, 3.8) is 0 Å². The quantitative estimate of drug-likeness (QED) is 0.487. The van der Waals surface area contributed by atoms with Crippen LogP contribution in [0.4, 0.5) is 4.39 Å². The molecule has 0 spiro atoms. The molecule has 1 saturated heterocycles. The number of carbonyl (C=O) groups is 1. The SMILES string of the molecule is O=C(NCCSCc1c(F)cccc1Cl)C1CCCN(Cc2ccc(Br)cc2)C1. The van der Waals surface area contributed by atoms with Crippen molar-refractivity contribution in [1.82, 2.24) is 10.2 Å². The third-order valence-corrected chi connectivity index (χ3v) is 6.92. The Morgan fingerprint density at radius 1 is 1.28 bits per heavy atom. The fraction of sp³-hybridized carbons (Fsp3) is 0.409. The first-order chi connectivity index (χ1) is 14.0. The van der Waals surface area contributed by atoms with Gasteiger partial charge in [-0.15, -0.1) is 0 Å². The molecule has 1 atom stereocenters. The van der Waals surface area contributed by atoms with E-state index in [1.807, 2.05) is 0 Å². The number of hydrogen-bond acceptors (Lipinski definition) is 3. The van der Waals surface area contributed by atoms with Gasteiger partial charge in [-0.25, -0.2) is 4.39 Å². The Kier molecular flexibility index (Phi) is 8.85. The molecule has 0 bridgehead atoms. The number of benzene rings is 2. The third kappa shape index (κ3) is 6.99. The van der Waals surface area contributed by atoms with Gasteiger partial charge in [-0.2, -0.15) is 11.8 Å². The van der Waals surface area contributed by atoms with Gasteiger partial charge in [0.1, 0.15) is 5.82 Å². The smallest absolute Gasteiger partial charge is 0.224 e. The predicted octanol–water partition coefficient (Wildman–Crippen LogP) is 5.50. The number of likely N-dealkylation sites (tertiary alicyclic amines) is 1. The zero-order valence-electron chi connectivity index (χ0n) is 16.2. The van der Waals surface area contributed by atoms with Crippen LogP contribution in [0, 0.1) is 11.7 Å². The van der Waals surface area contributed by atoms with Crippen LogP contribution in [0.25, 0.3) is 0 Å². The van der Waals surface area contributed by atoms with Crippen LogP contribution in [0.15, 0.2) is 46.9 Å². The second-order valence-electron chi connectivity index (χ2n) is 7.24. The average Bonchev–Trinajstić information content (AvgIpc) is 2.71. The van der Waals surface area contributed by atoms with E-state index in [-0.39, 0.29) is 17.6 Å². The molecular formula is C22H25BrClFN2OS. The first-order valence-corrected chi connectivity index (χ1v) is 12.1. The summed E-state index contributed by atoms with van der Waals surface area (Å²) in [4.78, 5) is 14.9. The fourth-order valence-corrected chi connectivity index (χ4v) is 4.96. The van der Waals surface area contributed by atoms with E-state index in [1.165, 1.54) is 11.6 Å². The number of amides is 1. The minimum atomic E-state index is -0.276. The van der Waals surface area contributed by atoms with Crippen molar-refractivity contribution in [2.45, 2.75) is 25.1 Å². The first-order valence-electron chi connectivity index (χ1n) is 9.78. The highest BCUT2D eigenvalue weighted by Gasteiger charge is 2.25. The summed E-state index contributed by atoms with van der Waals surface area (Å²) in [6.45, 7) is 3.27. The van der Waals surface area contributed by atoms with E-state index in [9.17, 15) is 9.18 Å². The highest BCUT2D eigenvalue weighted by atomic mass is 79.9. The molecule has 3 nitrogen and oxygen atoms in total. The lowest BCUT2D eigenvalue weighted by Crippen LogP contribution is -2.43. The Bertz CT molecular complexity index is 801. The van der Waals surface area contributed by atoms with Crippen molar-refractivity contribution >= 4 is 45.2 Å². The number of hydrogen-bond donors (Lipinski definition) is 1. The van der Waals surface area contributed by atoms with Crippen molar-refractivity contribution in [3.05, 3.63) is 68.9 Å². The van der Waals surface area contributed by atoms with Crippen LogP contribution in [-0.4, -0.2) is 36.2 Å². The molecule has 156 valence electrons. The van der Waals surface area contributed by atoms with Crippen LogP contribution < -0.4 is 5.32 Å². The van der Waals surface area contributed by atoms with Gasteiger partial charge < -0.3 is 5.32 Å². The molecule has 1 aliphatic rings. The fourth-order valence-electron chi connectivity index (χ4n) is 3.50. The van der Waals surface area contributed by atoms with Crippen molar-refractivity contribution in [2.24, 2.45) is 5.92 Å². The van der Waals surface area contributed by atoms with Crippen LogP contribution in [0.1, 0.15) is 24.0 Å². The molecule has 2 aromatic rings. The minimum Gasteiger partial charge on any atom is -0.355 e. The standard InChI is InChI=1S/C22H25BrClFN2OS/c23-18-8-6-16(7-9-18)13-27-11-2-3-17(14-27)22(28)26-10-12-29-15-19-20(24)4-1-5-21(19)25/h1,4-9,17H,2-3,10-15H2,(H,26,28). The lowest BCUT2D eigenvalue weighted by Gasteiger charge is -2.32. The molecule has 0 saturated carbocycles. The summed E-state index contributed by atoms with van der Waals surface area (Å²) in [7, 11) is 0. The number of carbonyl (C=O) groups excluding carboxylic acids is 1. The van der Waals surface area contributed by atoms with Crippen LogP contribution >= 0.6 is 39.3 Å². The maximum atomic E-state index is 13.8. The highest BCUT2D eigenvalue weighted by Crippen LogP contribution is 2.24. The van der Waals surface area contributed by atoms with Gasteiger partial charge in [0.2, 0.25) is 5.91 Å². The molecule has 0 aromatic heterocycles.